The van der Waals surface area contributed by atoms with E-state index in [1.165, 1.54) is 12.3 Å². The summed E-state index contributed by atoms with van der Waals surface area (Å²) in [6.07, 6.45) is 2.31. The molecule has 100 valence electrons. The lowest BCUT2D eigenvalue weighted by molar-refractivity contribution is 0.600. The maximum absolute atomic E-state index is 12.0. The molecule has 0 aliphatic heterocycles. The van der Waals surface area contributed by atoms with Crippen LogP contribution in [0.4, 0.5) is 5.95 Å². The molecule has 2 aromatic heterocycles. The van der Waals surface area contributed by atoms with Crippen molar-refractivity contribution in [1.29, 1.82) is 0 Å². The van der Waals surface area contributed by atoms with Crippen LogP contribution in [0.2, 0.25) is 10.2 Å². The van der Waals surface area contributed by atoms with Gasteiger partial charge in [-0.15, -0.1) is 0 Å². The molecule has 2 rings (SSSR count). The van der Waals surface area contributed by atoms with Gasteiger partial charge in [-0.05, 0) is 12.1 Å². The first-order valence-electron chi connectivity index (χ1n) is 4.78. The molecule has 2 aromatic rings. The van der Waals surface area contributed by atoms with Crippen LogP contribution in [0, 0.1) is 0 Å². The molecule has 2 N–H and O–H groups in total. The van der Waals surface area contributed by atoms with Gasteiger partial charge in [-0.3, -0.25) is 4.79 Å². The number of nitrogens with zero attached hydrogens (tertiary/aromatic N) is 2. The zero-order valence-electron chi connectivity index (χ0n) is 9.09. The Morgan fingerprint density at radius 1 is 1.32 bits per heavy atom. The average molecular weight is 321 g/mol. The van der Waals surface area contributed by atoms with Crippen molar-refractivity contribution < 1.29 is 8.42 Å². The van der Waals surface area contributed by atoms with E-state index in [4.69, 9.17) is 23.2 Å². The summed E-state index contributed by atoms with van der Waals surface area (Å²) in [5.74, 6) is -0.185. The van der Waals surface area contributed by atoms with Crippen LogP contribution in [-0.4, -0.2) is 23.4 Å². The van der Waals surface area contributed by atoms with Gasteiger partial charge in [-0.1, -0.05) is 23.2 Å². The van der Waals surface area contributed by atoms with Gasteiger partial charge in [-0.25, -0.2) is 23.1 Å². The molecule has 0 saturated heterocycles. The van der Waals surface area contributed by atoms with Gasteiger partial charge >= 0.3 is 0 Å². The van der Waals surface area contributed by atoms with Crippen molar-refractivity contribution >= 4 is 39.2 Å². The minimum atomic E-state index is -3.96. The lowest BCUT2D eigenvalue weighted by atomic mass is 10.5. The van der Waals surface area contributed by atoms with Crippen LogP contribution in [0.5, 0.6) is 0 Å². The number of nitrogens with one attached hydrogen (secondary N) is 2. The van der Waals surface area contributed by atoms with Crippen LogP contribution in [0.1, 0.15) is 0 Å². The molecule has 0 fully saturated rings. The second-order valence-corrected chi connectivity index (χ2v) is 5.80. The fraction of sp³-hybridized carbons (Fsp3) is 0. The van der Waals surface area contributed by atoms with Crippen molar-refractivity contribution in [3.8, 4) is 0 Å². The lowest BCUT2D eigenvalue weighted by Gasteiger charge is -2.06. The SMILES string of the molecule is O=c1[nH]cc(S(=O)(=O)Nc2nccc(Cl)n2)cc1Cl. The molecule has 0 radical (unpaired) electrons. The second-order valence-electron chi connectivity index (χ2n) is 3.32. The van der Waals surface area contributed by atoms with E-state index >= 15 is 0 Å². The minimum absolute atomic E-state index is 0.0900. The molecule has 0 atom stereocenters. The van der Waals surface area contributed by atoms with Crippen LogP contribution < -0.4 is 10.3 Å². The van der Waals surface area contributed by atoms with Gasteiger partial charge in [0.1, 0.15) is 15.1 Å². The largest absolute Gasteiger partial charge is 0.326 e. The van der Waals surface area contributed by atoms with Gasteiger partial charge < -0.3 is 4.98 Å². The molecule has 19 heavy (non-hydrogen) atoms. The maximum atomic E-state index is 12.0. The van der Waals surface area contributed by atoms with Gasteiger partial charge in [-0.2, -0.15) is 0 Å². The van der Waals surface area contributed by atoms with Gasteiger partial charge in [0.2, 0.25) is 5.95 Å². The van der Waals surface area contributed by atoms with Crippen molar-refractivity contribution in [1.82, 2.24) is 15.0 Å². The van der Waals surface area contributed by atoms with Crippen molar-refractivity contribution in [2.75, 3.05) is 4.72 Å². The molecule has 0 aliphatic rings. The normalized spacial score (nSPS) is 11.3. The number of halogens is 2. The van der Waals surface area contributed by atoms with Gasteiger partial charge in [0, 0.05) is 12.4 Å². The first-order chi connectivity index (χ1) is 8.88. The molecular formula is C9H6Cl2N4O3S. The minimum Gasteiger partial charge on any atom is -0.326 e. The van der Waals surface area contributed by atoms with Gasteiger partial charge in [0.25, 0.3) is 15.6 Å². The van der Waals surface area contributed by atoms with E-state index in [0.29, 0.717) is 0 Å². The summed E-state index contributed by atoms with van der Waals surface area (Å²) in [4.78, 5) is 20.4. The highest BCUT2D eigenvalue weighted by Crippen LogP contribution is 2.14. The molecule has 7 nitrogen and oxygen atoms in total. The Morgan fingerprint density at radius 2 is 2.05 bits per heavy atom. The predicted octanol–water partition coefficient (Wildman–Crippen LogP) is 1.27. The summed E-state index contributed by atoms with van der Waals surface area (Å²) >= 11 is 11.2. The van der Waals surface area contributed by atoms with Crippen molar-refractivity contribution in [3.63, 3.8) is 0 Å². The van der Waals surface area contributed by atoms with E-state index < -0.39 is 15.6 Å². The van der Waals surface area contributed by atoms with Crippen LogP contribution >= 0.6 is 23.2 Å². The lowest BCUT2D eigenvalue weighted by Crippen LogP contribution is -2.17. The fourth-order valence-corrected chi connectivity index (χ4v) is 2.47. The number of anilines is 1. The zero-order valence-corrected chi connectivity index (χ0v) is 11.4. The quantitative estimate of drug-likeness (QED) is 0.828. The van der Waals surface area contributed by atoms with E-state index in [-0.39, 0.29) is 21.0 Å². The van der Waals surface area contributed by atoms with Crippen LogP contribution in [0.3, 0.4) is 0 Å². The first kappa shape index (κ1) is 13.8. The highest BCUT2D eigenvalue weighted by Gasteiger charge is 2.17. The molecule has 0 aromatic carbocycles. The molecule has 0 amide bonds. The highest BCUT2D eigenvalue weighted by molar-refractivity contribution is 7.92. The molecular weight excluding hydrogens is 315 g/mol. The number of H-pyrrole nitrogens is 1. The average Bonchev–Trinajstić information content (AvgIpc) is 2.32. The smallest absolute Gasteiger partial charge is 0.266 e. The number of hydrogen-bond donors (Lipinski definition) is 2. The fourth-order valence-electron chi connectivity index (χ4n) is 1.16. The third-order valence-corrected chi connectivity index (χ3v) is 3.79. The second kappa shape index (κ2) is 5.16. The number of rotatable bonds is 3. The van der Waals surface area contributed by atoms with E-state index in [1.54, 1.807) is 0 Å². The van der Waals surface area contributed by atoms with Crippen LogP contribution in [0.15, 0.2) is 34.2 Å². The van der Waals surface area contributed by atoms with Crippen molar-refractivity contribution in [3.05, 3.63) is 45.1 Å². The summed E-state index contributed by atoms with van der Waals surface area (Å²) in [5.41, 5.74) is -0.584. The third kappa shape index (κ3) is 3.22. The Kier molecular flexibility index (Phi) is 3.74. The number of aromatic amines is 1. The van der Waals surface area contributed by atoms with Crippen LogP contribution in [-0.2, 0) is 10.0 Å². The monoisotopic (exact) mass is 320 g/mol. The zero-order chi connectivity index (χ0) is 14.0. The first-order valence-corrected chi connectivity index (χ1v) is 7.02. The molecule has 0 unspecified atom stereocenters. The summed E-state index contributed by atoms with van der Waals surface area (Å²) in [5, 5.41) is -0.151. The Morgan fingerprint density at radius 3 is 2.68 bits per heavy atom. The number of aromatic nitrogens is 3. The Labute approximate surface area is 117 Å². The highest BCUT2D eigenvalue weighted by atomic mass is 35.5. The number of sulfonamides is 1. The molecule has 0 saturated carbocycles. The summed E-state index contributed by atoms with van der Waals surface area (Å²) in [6.45, 7) is 0. The van der Waals surface area contributed by atoms with Crippen molar-refractivity contribution in [2.45, 2.75) is 4.90 Å². The Hall–Kier alpha value is -1.64. The summed E-state index contributed by atoms with van der Waals surface area (Å²) < 4.78 is 26.0. The van der Waals surface area contributed by atoms with E-state index in [0.717, 1.165) is 12.3 Å². The number of pyridine rings is 1. The Bertz CT molecular complexity index is 775. The topological polar surface area (TPSA) is 105 Å². The summed E-state index contributed by atoms with van der Waals surface area (Å²) in [6, 6.07) is 2.42. The predicted molar refractivity (Wildman–Crippen MR) is 69.9 cm³/mol. The molecule has 0 spiro atoms. The summed E-state index contributed by atoms with van der Waals surface area (Å²) in [7, 11) is -3.96. The van der Waals surface area contributed by atoms with E-state index in [2.05, 4.69) is 19.7 Å². The number of hydrogen-bond acceptors (Lipinski definition) is 5. The molecule has 10 heteroatoms. The van der Waals surface area contributed by atoms with Gasteiger partial charge in [0.15, 0.2) is 0 Å². The molecule has 0 aliphatic carbocycles. The molecule has 2 heterocycles. The third-order valence-electron chi connectivity index (χ3n) is 1.99. The van der Waals surface area contributed by atoms with Crippen LogP contribution in [0.25, 0.3) is 0 Å². The van der Waals surface area contributed by atoms with Gasteiger partial charge in [0.05, 0.1) is 0 Å². The maximum Gasteiger partial charge on any atom is 0.266 e. The van der Waals surface area contributed by atoms with Crippen molar-refractivity contribution in [2.24, 2.45) is 0 Å². The van der Waals surface area contributed by atoms with E-state index in [9.17, 15) is 13.2 Å². The molecule has 0 bridgehead atoms. The Balaban J connectivity index is 2.37. The van der Waals surface area contributed by atoms with E-state index in [1.807, 2.05) is 0 Å². The standard InChI is InChI=1S/C9H6Cl2N4O3S/c10-6-3-5(4-13-8(6)16)19(17,18)15-9-12-2-1-7(11)14-9/h1-4H,(H,13,16)(H,12,14,15).